The van der Waals surface area contributed by atoms with Gasteiger partial charge >= 0.3 is 5.97 Å². The van der Waals surface area contributed by atoms with Crippen molar-refractivity contribution in [3.05, 3.63) is 53.5 Å². The molecule has 3 N–H and O–H groups in total. The van der Waals surface area contributed by atoms with E-state index in [1.807, 2.05) is 6.07 Å². The predicted molar refractivity (Wildman–Crippen MR) is 149 cm³/mol. The van der Waals surface area contributed by atoms with Crippen molar-refractivity contribution in [1.82, 2.24) is 19.9 Å². The van der Waals surface area contributed by atoms with E-state index in [-0.39, 0.29) is 43.5 Å². The van der Waals surface area contributed by atoms with Crippen LogP contribution in [0.15, 0.2) is 41.3 Å². The number of carbonyl (C=O) groups excluding carboxylic acids is 3. The summed E-state index contributed by atoms with van der Waals surface area (Å²) in [5.41, 5.74) is 2.20. The lowest BCUT2D eigenvalue weighted by atomic mass is 10.0. The van der Waals surface area contributed by atoms with Crippen molar-refractivity contribution >= 4 is 33.6 Å². The Morgan fingerprint density at radius 1 is 1.15 bits per heavy atom. The standard InChI is InChI=1S/C28H36FN5O6S/c1-2-40-28(37)24(33-27(36)20-17-34(18-20)41(38,39)23-13-10-21(29)11-14-23)16-31-25(35)8-4-3-7-22-12-9-19-6-5-15-30-26(19)32-22/h9-14,20,24H,2-8,15-18H2,1H3,(H,30,32)(H,31,35)(H,33,36). The number of hydrogen-bond donors (Lipinski definition) is 3. The molecule has 2 aliphatic heterocycles. The minimum absolute atomic E-state index is 0.0687. The van der Waals surface area contributed by atoms with Gasteiger partial charge in [-0.1, -0.05) is 6.07 Å². The molecule has 2 aromatic rings. The summed E-state index contributed by atoms with van der Waals surface area (Å²) < 4.78 is 44.7. The van der Waals surface area contributed by atoms with Crippen LogP contribution in [0.25, 0.3) is 0 Å². The Balaban J connectivity index is 1.20. The molecule has 3 heterocycles. The third-order valence-electron chi connectivity index (χ3n) is 7.10. The summed E-state index contributed by atoms with van der Waals surface area (Å²) in [6, 6.07) is 7.46. The van der Waals surface area contributed by atoms with Gasteiger partial charge in [-0.15, -0.1) is 0 Å². The van der Waals surface area contributed by atoms with Crippen molar-refractivity contribution in [1.29, 1.82) is 0 Å². The molecule has 0 bridgehead atoms. The number of benzene rings is 1. The third kappa shape index (κ3) is 8.00. The maximum absolute atomic E-state index is 13.2. The normalized spacial score (nSPS) is 16.0. The number of carbonyl (C=O) groups is 3. The largest absolute Gasteiger partial charge is 0.464 e. The molecule has 0 radical (unpaired) electrons. The number of nitrogens with zero attached hydrogens (tertiary/aromatic N) is 2. The molecule has 0 aliphatic carbocycles. The fraction of sp³-hybridized carbons (Fsp3) is 0.500. The van der Waals surface area contributed by atoms with Crippen molar-refractivity contribution in [2.24, 2.45) is 5.92 Å². The van der Waals surface area contributed by atoms with Crippen molar-refractivity contribution in [2.75, 3.05) is 38.1 Å². The summed E-state index contributed by atoms with van der Waals surface area (Å²) in [5, 5.41) is 8.58. The van der Waals surface area contributed by atoms with Crippen LogP contribution in [0.2, 0.25) is 0 Å². The molecule has 0 saturated carbocycles. The van der Waals surface area contributed by atoms with Crippen LogP contribution in [0.5, 0.6) is 0 Å². The molecular formula is C28H36FN5O6S. The highest BCUT2D eigenvalue weighted by Crippen LogP contribution is 2.25. The molecule has 13 heteroatoms. The van der Waals surface area contributed by atoms with Gasteiger partial charge in [0.05, 0.1) is 17.4 Å². The molecule has 1 fully saturated rings. The van der Waals surface area contributed by atoms with E-state index in [0.717, 1.165) is 60.2 Å². The number of anilines is 1. The Morgan fingerprint density at radius 3 is 2.63 bits per heavy atom. The molecule has 1 atom stereocenters. The number of halogens is 1. The zero-order valence-electron chi connectivity index (χ0n) is 23.0. The maximum atomic E-state index is 13.2. The fourth-order valence-corrected chi connectivity index (χ4v) is 6.22. The average Bonchev–Trinajstić information content (AvgIpc) is 2.92. The second-order valence-electron chi connectivity index (χ2n) is 10.1. The van der Waals surface area contributed by atoms with Crippen LogP contribution in [0.1, 0.15) is 43.9 Å². The first kappa shape index (κ1) is 30.4. The molecule has 11 nitrogen and oxygen atoms in total. The minimum atomic E-state index is -3.86. The van der Waals surface area contributed by atoms with Gasteiger partial charge in [0, 0.05) is 38.3 Å². The van der Waals surface area contributed by atoms with Crippen LogP contribution in [0.3, 0.4) is 0 Å². The lowest BCUT2D eigenvalue weighted by molar-refractivity contribution is -0.148. The summed E-state index contributed by atoms with van der Waals surface area (Å²) in [5.74, 6) is -1.75. The summed E-state index contributed by atoms with van der Waals surface area (Å²) in [6.45, 7) is 2.35. The van der Waals surface area contributed by atoms with Crippen molar-refractivity contribution in [3.63, 3.8) is 0 Å². The van der Waals surface area contributed by atoms with Crippen molar-refractivity contribution in [3.8, 4) is 0 Å². The molecule has 41 heavy (non-hydrogen) atoms. The lowest BCUT2D eigenvalue weighted by Gasteiger charge is -2.37. The first-order valence-corrected chi connectivity index (χ1v) is 15.3. The van der Waals surface area contributed by atoms with E-state index >= 15 is 0 Å². The SMILES string of the molecule is CCOC(=O)C(CNC(=O)CCCCc1ccc2c(n1)NCCC2)NC(=O)C1CN(S(=O)(=O)c2ccc(F)cc2)C1. The fourth-order valence-electron chi connectivity index (χ4n) is 4.69. The highest BCUT2D eigenvalue weighted by Gasteiger charge is 2.41. The Morgan fingerprint density at radius 2 is 1.90 bits per heavy atom. The van der Waals surface area contributed by atoms with Crippen LogP contribution in [-0.4, -0.2) is 74.3 Å². The first-order chi connectivity index (χ1) is 19.7. The van der Waals surface area contributed by atoms with E-state index in [1.54, 1.807) is 6.92 Å². The minimum Gasteiger partial charge on any atom is -0.464 e. The van der Waals surface area contributed by atoms with E-state index in [0.29, 0.717) is 6.42 Å². The van der Waals surface area contributed by atoms with Gasteiger partial charge in [0.2, 0.25) is 21.8 Å². The van der Waals surface area contributed by atoms with E-state index in [2.05, 4.69) is 27.0 Å². The number of pyridine rings is 1. The lowest BCUT2D eigenvalue weighted by Crippen LogP contribution is -2.59. The van der Waals surface area contributed by atoms with Crippen LogP contribution >= 0.6 is 0 Å². The Labute approximate surface area is 239 Å². The number of fused-ring (bicyclic) bond motifs is 1. The average molecular weight is 590 g/mol. The van der Waals surface area contributed by atoms with Gasteiger partial charge in [-0.2, -0.15) is 4.31 Å². The first-order valence-electron chi connectivity index (χ1n) is 13.9. The van der Waals surface area contributed by atoms with Gasteiger partial charge in [-0.3, -0.25) is 9.59 Å². The zero-order chi connectivity index (χ0) is 29.4. The van der Waals surface area contributed by atoms with E-state index in [9.17, 15) is 27.2 Å². The molecule has 1 saturated heterocycles. The number of rotatable bonds is 13. The highest BCUT2D eigenvalue weighted by atomic mass is 32.2. The molecule has 0 spiro atoms. The number of unbranched alkanes of at least 4 members (excludes halogenated alkanes) is 1. The predicted octanol–water partition coefficient (Wildman–Crippen LogP) is 1.78. The monoisotopic (exact) mass is 589 g/mol. The second-order valence-corrected chi connectivity index (χ2v) is 12.1. The van der Waals surface area contributed by atoms with E-state index in [1.165, 1.54) is 17.7 Å². The number of amides is 2. The maximum Gasteiger partial charge on any atom is 0.330 e. The van der Waals surface area contributed by atoms with Crippen LogP contribution in [-0.2, 0) is 42.0 Å². The van der Waals surface area contributed by atoms with Crippen LogP contribution in [0, 0.1) is 11.7 Å². The molecular weight excluding hydrogens is 553 g/mol. The van der Waals surface area contributed by atoms with Crippen LogP contribution < -0.4 is 16.0 Å². The Kier molecular flexibility index (Phi) is 10.3. The van der Waals surface area contributed by atoms with Gasteiger partial charge in [0.15, 0.2) is 0 Å². The summed E-state index contributed by atoms with van der Waals surface area (Å²) in [6.07, 6.45) is 4.55. The van der Waals surface area contributed by atoms with Gasteiger partial charge in [0.25, 0.3) is 0 Å². The number of nitrogens with one attached hydrogen (secondary N) is 3. The van der Waals surface area contributed by atoms with Gasteiger partial charge < -0.3 is 20.7 Å². The summed E-state index contributed by atoms with van der Waals surface area (Å²) >= 11 is 0. The summed E-state index contributed by atoms with van der Waals surface area (Å²) in [4.78, 5) is 42.2. The molecule has 1 unspecified atom stereocenters. The molecule has 4 rings (SSSR count). The smallest absolute Gasteiger partial charge is 0.330 e. The Bertz CT molecular complexity index is 1350. The number of hydrogen-bond acceptors (Lipinski definition) is 8. The van der Waals surface area contributed by atoms with E-state index in [4.69, 9.17) is 4.74 Å². The molecule has 1 aromatic carbocycles. The molecule has 2 aliphatic rings. The Hall–Kier alpha value is -3.58. The number of aromatic nitrogens is 1. The van der Waals surface area contributed by atoms with Gasteiger partial charge in [-0.05, 0) is 74.9 Å². The number of ether oxygens (including phenoxy) is 1. The van der Waals surface area contributed by atoms with Gasteiger partial charge in [0.1, 0.15) is 17.7 Å². The number of esters is 1. The summed E-state index contributed by atoms with van der Waals surface area (Å²) in [7, 11) is -3.86. The van der Waals surface area contributed by atoms with Crippen LogP contribution in [0.4, 0.5) is 10.2 Å². The molecule has 222 valence electrons. The third-order valence-corrected chi connectivity index (χ3v) is 8.95. The van der Waals surface area contributed by atoms with Gasteiger partial charge in [-0.25, -0.2) is 22.6 Å². The number of sulfonamides is 1. The molecule has 2 amide bonds. The second kappa shape index (κ2) is 13.9. The molecule has 1 aromatic heterocycles. The topological polar surface area (TPSA) is 147 Å². The zero-order valence-corrected chi connectivity index (χ0v) is 23.8. The number of aryl methyl sites for hydroxylation is 2. The highest BCUT2D eigenvalue weighted by molar-refractivity contribution is 7.89. The van der Waals surface area contributed by atoms with Crippen molar-refractivity contribution < 1.29 is 31.9 Å². The quantitative estimate of drug-likeness (QED) is 0.237. The van der Waals surface area contributed by atoms with Crippen molar-refractivity contribution in [2.45, 2.75) is 56.4 Å². The van der Waals surface area contributed by atoms with E-state index < -0.39 is 39.7 Å².